The highest BCUT2D eigenvalue weighted by molar-refractivity contribution is 9.10. The van der Waals surface area contributed by atoms with E-state index in [-0.39, 0.29) is 11.8 Å². The van der Waals surface area contributed by atoms with Crippen molar-refractivity contribution in [3.05, 3.63) is 63.0 Å². The summed E-state index contributed by atoms with van der Waals surface area (Å²) < 4.78 is 2.50. The molecule has 0 unspecified atom stereocenters. The first-order valence-electron chi connectivity index (χ1n) is 9.95. The lowest BCUT2D eigenvalue weighted by Crippen LogP contribution is -2.30. The van der Waals surface area contributed by atoms with Crippen LogP contribution in [0.25, 0.3) is 5.65 Å². The van der Waals surface area contributed by atoms with Gasteiger partial charge >= 0.3 is 0 Å². The van der Waals surface area contributed by atoms with Crippen molar-refractivity contribution >= 4 is 33.4 Å². The van der Waals surface area contributed by atoms with Crippen molar-refractivity contribution < 1.29 is 9.59 Å². The lowest BCUT2D eigenvalue weighted by Gasteiger charge is -2.11. The second-order valence-corrected chi connectivity index (χ2v) is 8.05. The van der Waals surface area contributed by atoms with E-state index in [0.29, 0.717) is 49.1 Å². The summed E-state index contributed by atoms with van der Waals surface area (Å²) >= 11 is 3.35. The molecule has 3 rings (SSSR count). The molecule has 31 heavy (non-hydrogen) atoms. The fourth-order valence-corrected chi connectivity index (χ4v) is 3.73. The van der Waals surface area contributed by atoms with Gasteiger partial charge in [0.2, 0.25) is 5.91 Å². The maximum atomic E-state index is 12.2. The number of carbonyl (C=O) groups excluding carboxylic acids is 2. The number of rotatable bonds is 8. The van der Waals surface area contributed by atoms with Gasteiger partial charge in [0.25, 0.3) is 5.91 Å². The first-order valence-corrected chi connectivity index (χ1v) is 10.7. The zero-order valence-electron chi connectivity index (χ0n) is 17.4. The fraction of sp³-hybridized carbons (Fsp3) is 0.318. The normalized spacial score (nSPS) is 10.6. The topological polar surface area (TPSA) is 112 Å². The van der Waals surface area contributed by atoms with Crippen LogP contribution < -0.4 is 10.6 Å². The Bertz CT molecular complexity index is 1160. The standard InChI is InChI=1S/C22H23BrN6O2/c1-14-19(15(2)29-21(28-14)17(12-24)13-27-29)7-8-20(30)25-9-4-10-26-22(31)16-5-3-6-18(23)11-16/h3,5-6,11,13H,4,7-10H2,1-2H3,(H,25,30)(H,26,31). The average molecular weight is 483 g/mol. The largest absolute Gasteiger partial charge is 0.356 e. The summed E-state index contributed by atoms with van der Waals surface area (Å²) in [6.45, 7) is 4.75. The molecular weight excluding hydrogens is 460 g/mol. The number of nitrogens with one attached hydrogen (secondary N) is 2. The fourth-order valence-electron chi connectivity index (χ4n) is 3.33. The molecule has 0 fully saturated rings. The van der Waals surface area contributed by atoms with Gasteiger partial charge < -0.3 is 10.6 Å². The minimum absolute atomic E-state index is 0.0598. The van der Waals surface area contributed by atoms with Crippen molar-refractivity contribution in [1.29, 1.82) is 5.26 Å². The quantitative estimate of drug-likeness (QED) is 0.479. The van der Waals surface area contributed by atoms with Crippen LogP contribution in [0.3, 0.4) is 0 Å². The molecule has 0 aliphatic heterocycles. The van der Waals surface area contributed by atoms with Gasteiger partial charge in [-0.1, -0.05) is 22.0 Å². The molecule has 2 aromatic heterocycles. The van der Waals surface area contributed by atoms with Gasteiger partial charge in [0.15, 0.2) is 5.65 Å². The van der Waals surface area contributed by atoms with Crippen LogP contribution in [0.4, 0.5) is 0 Å². The Morgan fingerprint density at radius 2 is 2.00 bits per heavy atom. The number of halogens is 1. The summed E-state index contributed by atoms with van der Waals surface area (Å²) in [5, 5.41) is 19.1. The van der Waals surface area contributed by atoms with Crippen molar-refractivity contribution in [2.45, 2.75) is 33.1 Å². The minimum atomic E-state index is -0.139. The number of aryl methyl sites for hydroxylation is 2. The van der Waals surface area contributed by atoms with Crippen molar-refractivity contribution in [3.8, 4) is 6.07 Å². The molecule has 9 heteroatoms. The highest BCUT2D eigenvalue weighted by Gasteiger charge is 2.14. The summed E-state index contributed by atoms with van der Waals surface area (Å²) in [7, 11) is 0. The maximum Gasteiger partial charge on any atom is 0.251 e. The predicted octanol–water partition coefficient (Wildman–Crippen LogP) is 2.85. The van der Waals surface area contributed by atoms with E-state index in [1.807, 2.05) is 26.0 Å². The van der Waals surface area contributed by atoms with Crippen LogP contribution in [0.5, 0.6) is 0 Å². The van der Waals surface area contributed by atoms with Gasteiger partial charge in [-0.3, -0.25) is 9.59 Å². The van der Waals surface area contributed by atoms with E-state index in [1.54, 1.807) is 16.6 Å². The Labute approximate surface area is 188 Å². The molecule has 0 radical (unpaired) electrons. The van der Waals surface area contributed by atoms with Gasteiger partial charge in [-0.15, -0.1) is 0 Å². The molecule has 2 amide bonds. The van der Waals surface area contributed by atoms with Gasteiger partial charge in [-0.25, -0.2) is 9.50 Å². The first kappa shape index (κ1) is 22.4. The first-order chi connectivity index (χ1) is 14.9. The number of amides is 2. The molecular formula is C22H23BrN6O2. The molecule has 0 spiro atoms. The lowest BCUT2D eigenvalue weighted by molar-refractivity contribution is -0.121. The number of carbonyl (C=O) groups is 2. The van der Waals surface area contributed by atoms with Crippen molar-refractivity contribution in [2.24, 2.45) is 0 Å². The van der Waals surface area contributed by atoms with Gasteiger partial charge in [0.1, 0.15) is 11.6 Å². The smallest absolute Gasteiger partial charge is 0.251 e. The van der Waals surface area contributed by atoms with Gasteiger partial charge in [-0.05, 0) is 50.5 Å². The number of hydrogen-bond donors (Lipinski definition) is 2. The van der Waals surface area contributed by atoms with E-state index in [0.717, 1.165) is 21.4 Å². The van der Waals surface area contributed by atoms with Crippen LogP contribution >= 0.6 is 15.9 Å². The van der Waals surface area contributed by atoms with Crippen LogP contribution in [0.15, 0.2) is 34.9 Å². The number of nitrogens with zero attached hydrogens (tertiary/aromatic N) is 4. The summed E-state index contributed by atoms with van der Waals surface area (Å²) in [6, 6.07) is 9.28. The number of fused-ring (bicyclic) bond motifs is 1. The van der Waals surface area contributed by atoms with E-state index in [9.17, 15) is 9.59 Å². The Morgan fingerprint density at radius 3 is 2.74 bits per heavy atom. The van der Waals surface area contributed by atoms with Crippen LogP contribution in [0.2, 0.25) is 0 Å². The van der Waals surface area contributed by atoms with E-state index < -0.39 is 0 Å². The Balaban J connectivity index is 1.44. The summed E-state index contributed by atoms with van der Waals surface area (Å²) in [5.74, 6) is -0.199. The van der Waals surface area contributed by atoms with E-state index in [4.69, 9.17) is 5.26 Å². The molecule has 3 aromatic rings. The van der Waals surface area contributed by atoms with E-state index >= 15 is 0 Å². The summed E-state index contributed by atoms with van der Waals surface area (Å²) in [4.78, 5) is 28.8. The van der Waals surface area contributed by atoms with Gasteiger partial charge in [0, 0.05) is 40.9 Å². The van der Waals surface area contributed by atoms with Crippen molar-refractivity contribution in [2.75, 3.05) is 13.1 Å². The Hall–Kier alpha value is -3.25. The molecule has 2 heterocycles. The molecule has 0 aliphatic rings. The van der Waals surface area contributed by atoms with Gasteiger partial charge in [0.05, 0.1) is 6.20 Å². The Kier molecular flexibility index (Phi) is 7.36. The third-order valence-corrected chi connectivity index (χ3v) is 5.47. The SMILES string of the molecule is Cc1nc2c(C#N)cnn2c(C)c1CCC(=O)NCCCNC(=O)c1cccc(Br)c1. The lowest BCUT2D eigenvalue weighted by atomic mass is 10.1. The third kappa shape index (κ3) is 5.47. The molecule has 0 bridgehead atoms. The average Bonchev–Trinajstić information content (AvgIpc) is 3.16. The zero-order chi connectivity index (χ0) is 22.4. The molecule has 160 valence electrons. The number of nitriles is 1. The number of benzene rings is 1. The van der Waals surface area contributed by atoms with Crippen molar-refractivity contribution in [3.63, 3.8) is 0 Å². The van der Waals surface area contributed by atoms with E-state index in [2.05, 4.69) is 42.7 Å². The minimum Gasteiger partial charge on any atom is -0.356 e. The highest BCUT2D eigenvalue weighted by atomic mass is 79.9. The monoisotopic (exact) mass is 482 g/mol. The summed E-state index contributed by atoms with van der Waals surface area (Å²) in [6.07, 6.45) is 3.00. The molecule has 1 aromatic carbocycles. The van der Waals surface area contributed by atoms with E-state index in [1.165, 1.54) is 6.20 Å². The maximum absolute atomic E-state index is 12.2. The summed E-state index contributed by atoms with van der Waals surface area (Å²) in [5.41, 5.74) is 4.19. The molecule has 0 aliphatic carbocycles. The van der Waals surface area contributed by atoms with Crippen LogP contribution in [-0.2, 0) is 11.2 Å². The number of aromatic nitrogens is 3. The molecule has 0 atom stereocenters. The third-order valence-electron chi connectivity index (χ3n) is 4.98. The molecule has 0 saturated carbocycles. The molecule has 2 N–H and O–H groups in total. The molecule has 8 nitrogen and oxygen atoms in total. The van der Waals surface area contributed by atoms with Gasteiger partial charge in [-0.2, -0.15) is 10.4 Å². The van der Waals surface area contributed by atoms with Crippen LogP contribution in [0.1, 0.15) is 45.7 Å². The van der Waals surface area contributed by atoms with Crippen LogP contribution in [-0.4, -0.2) is 39.5 Å². The van der Waals surface area contributed by atoms with Crippen LogP contribution in [0, 0.1) is 25.2 Å². The van der Waals surface area contributed by atoms with Crippen molar-refractivity contribution in [1.82, 2.24) is 25.2 Å². The molecule has 0 saturated heterocycles. The Morgan fingerprint density at radius 1 is 1.23 bits per heavy atom. The zero-order valence-corrected chi connectivity index (χ0v) is 19.0. The number of hydrogen-bond acceptors (Lipinski definition) is 5. The highest BCUT2D eigenvalue weighted by Crippen LogP contribution is 2.18. The second-order valence-electron chi connectivity index (χ2n) is 7.14. The predicted molar refractivity (Wildman–Crippen MR) is 120 cm³/mol. The second kappa shape index (κ2) is 10.2.